The van der Waals surface area contributed by atoms with Crippen molar-refractivity contribution >= 4 is 15.7 Å². The highest BCUT2D eigenvalue weighted by Crippen LogP contribution is 2.33. The van der Waals surface area contributed by atoms with Crippen LogP contribution in [0.15, 0.2) is 47.4 Å². The van der Waals surface area contributed by atoms with Gasteiger partial charge < -0.3 is 0 Å². The van der Waals surface area contributed by atoms with E-state index >= 15 is 0 Å². The second-order valence-corrected chi connectivity index (χ2v) is 6.70. The highest BCUT2D eigenvalue weighted by Gasteiger charge is 2.31. The minimum Gasteiger partial charge on any atom is -0.266 e. The Morgan fingerprint density at radius 1 is 1.15 bits per heavy atom. The third kappa shape index (κ3) is 1.98. The van der Waals surface area contributed by atoms with Crippen LogP contribution in [-0.2, 0) is 16.4 Å². The normalized spacial score (nSPS) is 14.4. The molecular weight excluding hydrogens is 277 g/mol. The average molecular weight is 291 g/mol. The van der Waals surface area contributed by atoms with Crippen molar-refractivity contribution in [2.75, 3.05) is 10.8 Å². The lowest BCUT2D eigenvalue weighted by atomic mass is 10.2. The molecule has 2 aromatic rings. The molecule has 1 heterocycles. The summed E-state index contributed by atoms with van der Waals surface area (Å²) < 4.78 is 40.0. The summed E-state index contributed by atoms with van der Waals surface area (Å²) in [5.74, 6) is -0.334. The molecule has 0 aromatic heterocycles. The van der Waals surface area contributed by atoms with Gasteiger partial charge in [-0.25, -0.2) is 12.8 Å². The van der Waals surface area contributed by atoms with E-state index in [4.69, 9.17) is 0 Å². The quantitative estimate of drug-likeness (QED) is 0.853. The third-order valence-corrected chi connectivity index (χ3v) is 5.53. The SMILES string of the molecule is Cc1ccccc1S(=O)(=O)N1CCc2cc(F)ccc21. The van der Waals surface area contributed by atoms with E-state index in [-0.39, 0.29) is 5.82 Å². The lowest BCUT2D eigenvalue weighted by Gasteiger charge is -2.20. The van der Waals surface area contributed by atoms with Gasteiger partial charge in [0, 0.05) is 6.54 Å². The Balaban J connectivity index is 2.10. The fourth-order valence-electron chi connectivity index (χ4n) is 2.55. The van der Waals surface area contributed by atoms with Gasteiger partial charge in [-0.15, -0.1) is 0 Å². The summed E-state index contributed by atoms with van der Waals surface area (Å²) in [6, 6.07) is 11.1. The molecule has 104 valence electrons. The minimum absolute atomic E-state index is 0.303. The van der Waals surface area contributed by atoms with Gasteiger partial charge in [0.05, 0.1) is 10.6 Å². The van der Waals surface area contributed by atoms with Gasteiger partial charge in [0.2, 0.25) is 0 Å². The Hall–Kier alpha value is -1.88. The van der Waals surface area contributed by atoms with Crippen LogP contribution < -0.4 is 4.31 Å². The summed E-state index contributed by atoms with van der Waals surface area (Å²) in [5, 5.41) is 0. The van der Waals surface area contributed by atoms with Gasteiger partial charge >= 0.3 is 0 Å². The molecule has 20 heavy (non-hydrogen) atoms. The number of hydrogen-bond acceptors (Lipinski definition) is 2. The van der Waals surface area contributed by atoms with E-state index in [1.807, 2.05) is 6.07 Å². The molecule has 0 N–H and O–H groups in total. The van der Waals surface area contributed by atoms with E-state index < -0.39 is 10.0 Å². The molecule has 0 atom stereocenters. The zero-order chi connectivity index (χ0) is 14.3. The van der Waals surface area contributed by atoms with E-state index in [9.17, 15) is 12.8 Å². The molecule has 0 saturated heterocycles. The fourth-order valence-corrected chi connectivity index (χ4v) is 4.29. The molecule has 1 aliphatic rings. The van der Waals surface area contributed by atoms with Crippen LogP contribution >= 0.6 is 0 Å². The Bertz CT molecular complexity index is 771. The van der Waals surface area contributed by atoms with Gasteiger partial charge in [0.1, 0.15) is 5.82 Å². The lowest BCUT2D eigenvalue weighted by molar-refractivity contribution is 0.591. The highest BCUT2D eigenvalue weighted by atomic mass is 32.2. The van der Waals surface area contributed by atoms with E-state index in [0.29, 0.717) is 29.1 Å². The summed E-state index contributed by atoms with van der Waals surface area (Å²) >= 11 is 0. The number of benzene rings is 2. The first-order chi connectivity index (χ1) is 9.50. The first-order valence-corrected chi connectivity index (χ1v) is 7.81. The number of aryl methyl sites for hydroxylation is 1. The largest absolute Gasteiger partial charge is 0.266 e. The molecule has 0 unspecified atom stereocenters. The molecule has 0 saturated carbocycles. The Morgan fingerprint density at radius 3 is 2.65 bits per heavy atom. The van der Waals surface area contributed by atoms with Crippen LogP contribution in [0.3, 0.4) is 0 Å². The zero-order valence-electron chi connectivity index (χ0n) is 11.0. The molecule has 0 bridgehead atoms. The van der Waals surface area contributed by atoms with Gasteiger partial charge in [-0.1, -0.05) is 18.2 Å². The monoisotopic (exact) mass is 291 g/mol. The number of hydrogen-bond donors (Lipinski definition) is 0. The Labute approximate surface area is 117 Å². The van der Waals surface area contributed by atoms with Crippen molar-refractivity contribution in [3.8, 4) is 0 Å². The van der Waals surface area contributed by atoms with Crippen LogP contribution in [0.4, 0.5) is 10.1 Å². The number of fused-ring (bicyclic) bond motifs is 1. The molecule has 0 amide bonds. The van der Waals surface area contributed by atoms with Crippen molar-refractivity contribution in [3.63, 3.8) is 0 Å². The van der Waals surface area contributed by atoms with E-state index in [1.54, 1.807) is 25.1 Å². The van der Waals surface area contributed by atoms with Crippen LogP contribution in [-0.4, -0.2) is 15.0 Å². The van der Waals surface area contributed by atoms with Crippen LogP contribution in [0.1, 0.15) is 11.1 Å². The molecule has 0 radical (unpaired) electrons. The number of halogens is 1. The van der Waals surface area contributed by atoms with E-state index in [2.05, 4.69) is 0 Å². The van der Waals surface area contributed by atoms with Crippen molar-refractivity contribution in [3.05, 3.63) is 59.4 Å². The molecule has 3 rings (SSSR count). The van der Waals surface area contributed by atoms with Crippen molar-refractivity contribution in [1.29, 1.82) is 0 Å². The third-order valence-electron chi connectivity index (χ3n) is 3.56. The zero-order valence-corrected chi connectivity index (χ0v) is 11.8. The summed E-state index contributed by atoms with van der Waals surface area (Å²) in [5.41, 5.74) is 2.03. The van der Waals surface area contributed by atoms with E-state index in [1.165, 1.54) is 22.5 Å². The molecule has 2 aromatic carbocycles. The predicted molar refractivity (Wildman–Crippen MR) is 75.8 cm³/mol. The molecular formula is C15H14FNO2S. The van der Waals surface area contributed by atoms with Crippen LogP contribution in [0.2, 0.25) is 0 Å². The van der Waals surface area contributed by atoms with Crippen molar-refractivity contribution in [2.24, 2.45) is 0 Å². The average Bonchev–Trinajstić information content (AvgIpc) is 2.82. The fraction of sp³-hybridized carbons (Fsp3) is 0.200. The molecule has 0 aliphatic carbocycles. The van der Waals surface area contributed by atoms with Crippen LogP contribution in [0, 0.1) is 12.7 Å². The molecule has 0 fully saturated rings. The summed E-state index contributed by atoms with van der Waals surface area (Å²) in [4.78, 5) is 0.303. The standard InChI is InChI=1S/C15H14FNO2S/c1-11-4-2-3-5-15(11)20(18,19)17-9-8-12-10-13(16)6-7-14(12)17/h2-7,10H,8-9H2,1H3. The summed E-state index contributed by atoms with van der Waals surface area (Å²) in [7, 11) is -3.58. The van der Waals surface area contributed by atoms with Gasteiger partial charge in [-0.3, -0.25) is 4.31 Å². The first kappa shape index (κ1) is 13.1. The molecule has 5 heteroatoms. The van der Waals surface area contributed by atoms with Crippen molar-refractivity contribution < 1.29 is 12.8 Å². The maximum absolute atomic E-state index is 13.2. The Morgan fingerprint density at radius 2 is 1.90 bits per heavy atom. The maximum atomic E-state index is 13.2. The second kappa shape index (κ2) is 4.59. The summed E-state index contributed by atoms with van der Waals surface area (Å²) in [6.45, 7) is 2.13. The smallest absolute Gasteiger partial charge is 0.264 e. The second-order valence-electron chi connectivity index (χ2n) is 4.87. The van der Waals surface area contributed by atoms with Gasteiger partial charge in [0.25, 0.3) is 10.0 Å². The molecule has 3 nitrogen and oxygen atoms in total. The van der Waals surface area contributed by atoms with Gasteiger partial charge in [0.15, 0.2) is 0 Å². The minimum atomic E-state index is -3.58. The summed E-state index contributed by atoms with van der Waals surface area (Å²) in [6.07, 6.45) is 0.540. The number of nitrogens with zero attached hydrogens (tertiary/aromatic N) is 1. The topological polar surface area (TPSA) is 37.4 Å². The predicted octanol–water partition coefficient (Wildman–Crippen LogP) is 2.89. The Kier molecular flexibility index (Phi) is 3.01. The van der Waals surface area contributed by atoms with Crippen molar-refractivity contribution in [2.45, 2.75) is 18.2 Å². The highest BCUT2D eigenvalue weighted by molar-refractivity contribution is 7.93. The van der Waals surface area contributed by atoms with Gasteiger partial charge in [-0.2, -0.15) is 0 Å². The first-order valence-electron chi connectivity index (χ1n) is 6.37. The molecule has 1 aliphatic heterocycles. The number of sulfonamides is 1. The number of rotatable bonds is 2. The van der Waals surface area contributed by atoms with Crippen molar-refractivity contribution in [1.82, 2.24) is 0 Å². The van der Waals surface area contributed by atoms with E-state index in [0.717, 1.165) is 5.56 Å². The maximum Gasteiger partial charge on any atom is 0.264 e. The van der Waals surface area contributed by atoms with Crippen LogP contribution in [0.25, 0.3) is 0 Å². The lowest BCUT2D eigenvalue weighted by Crippen LogP contribution is -2.29. The number of anilines is 1. The molecule has 0 spiro atoms. The van der Waals surface area contributed by atoms with Crippen LogP contribution in [0.5, 0.6) is 0 Å². The van der Waals surface area contributed by atoms with Gasteiger partial charge in [-0.05, 0) is 48.7 Å².